The van der Waals surface area contributed by atoms with Crippen molar-refractivity contribution in [3.05, 3.63) is 48.5 Å². The van der Waals surface area contributed by atoms with Gasteiger partial charge in [-0.25, -0.2) is 0 Å². The number of nitrogens with one attached hydrogen (secondary N) is 2. The Morgan fingerprint density at radius 3 is 2.22 bits per heavy atom. The summed E-state index contributed by atoms with van der Waals surface area (Å²) >= 11 is 0. The molecule has 2 unspecified atom stereocenters. The second-order valence-electron chi connectivity index (χ2n) is 9.23. The Hall–Kier alpha value is -2.24. The molecule has 0 bridgehead atoms. The van der Waals surface area contributed by atoms with Crippen molar-refractivity contribution in [3.63, 3.8) is 0 Å². The van der Waals surface area contributed by atoms with Gasteiger partial charge in [-0.2, -0.15) is 0 Å². The van der Waals surface area contributed by atoms with Crippen LogP contribution in [0.5, 0.6) is 11.5 Å². The molecule has 2 aliphatic rings. The van der Waals surface area contributed by atoms with Crippen molar-refractivity contribution in [1.29, 1.82) is 0 Å². The lowest BCUT2D eigenvalue weighted by molar-refractivity contribution is 0.153. The molecule has 0 spiro atoms. The smallest absolute Gasteiger partial charge is 0.121 e. The number of piperidine rings is 2. The summed E-state index contributed by atoms with van der Waals surface area (Å²) in [6.07, 6.45) is 10.0. The van der Waals surface area contributed by atoms with Gasteiger partial charge >= 0.3 is 0 Å². The molecular formula is C27H39N3O2. The molecule has 2 atom stereocenters. The third-order valence-electron chi connectivity index (χ3n) is 6.75. The van der Waals surface area contributed by atoms with Crippen molar-refractivity contribution in [2.45, 2.75) is 63.5 Å². The Morgan fingerprint density at radius 1 is 0.875 bits per heavy atom. The maximum absolute atomic E-state index is 6.07. The molecule has 32 heavy (non-hydrogen) atoms. The van der Waals surface area contributed by atoms with Crippen molar-refractivity contribution >= 4 is 11.4 Å². The highest BCUT2D eigenvalue weighted by atomic mass is 16.5. The SMILES string of the molecule is CN1CCCCC1CCOc1cccc(Nc2cccc(OCCC3CCCCN3)c2)c1. The Kier molecular flexibility index (Phi) is 8.69. The summed E-state index contributed by atoms with van der Waals surface area (Å²) in [5, 5.41) is 7.07. The van der Waals surface area contributed by atoms with Gasteiger partial charge in [0.25, 0.3) is 0 Å². The maximum Gasteiger partial charge on any atom is 0.121 e. The fraction of sp³-hybridized carbons (Fsp3) is 0.556. The first-order valence-electron chi connectivity index (χ1n) is 12.4. The molecule has 2 aromatic rings. The van der Waals surface area contributed by atoms with Crippen molar-refractivity contribution in [2.24, 2.45) is 0 Å². The van der Waals surface area contributed by atoms with E-state index in [-0.39, 0.29) is 0 Å². The van der Waals surface area contributed by atoms with Crippen LogP contribution in [0.15, 0.2) is 48.5 Å². The van der Waals surface area contributed by atoms with Crippen LogP contribution in [0.2, 0.25) is 0 Å². The van der Waals surface area contributed by atoms with Crippen LogP contribution in [0.4, 0.5) is 11.4 Å². The van der Waals surface area contributed by atoms with Crippen LogP contribution in [0, 0.1) is 0 Å². The molecule has 2 N–H and O–H groups in total. The molecular weight excluding hydrogens is 398 g/mol. The van der Waals surface area contributed by atoms with Gasteiger partial charge in [-0.1, -0.05) is 25.0 Å². The molecule has 2 heterocycles. The van der Waals surface area contributed by atoms with Crippen molar-refractivity contribution in [3.8, 4) is 11.5 Å². The molecule has 0 aromatic heterocycles. The number of hydrogen-bond acceptors (Lipinski definition) is 5. The molecule has 2 aliphatic heterocycles. The Bertz CT molecular complexity index is 822. The summed E-state index contributed by atoms with van der Waals surface area (Å²) in [5.41, 5.74) is 2.06. The van der Waals surface area contributed by atoms with Gasteiger partial charge in [0.05, 0.1) is 13.2 Å². The fourth-order valence-electron chi connectivity index (χ4n) is 4.81. The average molecular weight is 438 g/mol. The van der Waals surface area contributed by atoms with Gasteiger partial charge in [0.1, 0.15) is 11.5 Å². The first-order valence-corrected chi connectivity index (χ1v) is 12.4. The summed E-state index contributed by atoms with van der Waals surface area (Å²) < 4.78 is 12.1. The number of benzene rings is 2. The van der Waals surface area contributed by atoms with Crippen LogP contribution < -0.4 is 20.1 Å². The van der Waals surface area contributed by atoms with E-state index in [4.69, 9.17) is 9.47 Å². The second-order valence-corrected chi connectivity index (χ2v) is 9.23. The van der Waals surface area contributed by atoms with Gasteiger partial charge in [0, 0.05) is 35.6 Å². The topological polar surface area (TPSA) is 45.8 Å². The molecule has 0 saturated carbocycles. The maximum atomic E-state index is 6.07. The summed E-state index contributed by atoms with van der Waals surface area (Å²) in [6, 6.07) is 17.7. The molecule has 4 rings (SSSR count). The molecule has 2 saturated heterocycles. The zero-order valence-corrected chi connectivity index (χ0v) is 19.5. The summed E-state index contributed by atoms with van der Waals surface area (Å²) in [6.45, 7) is 3.87. The molecule has 5 heteroatoms. The Labute approximate surface area is 193 Å². The summed E-state index contributed by atoms with van der Waals surface area (Å²) in [5.74, 6) is 1.83. The monoisotopic (exact) mass is 437 g/mol. The fourth-order valence-corrected chi connectivity index (χ4v) is 4.81. The zero-order valence-electron chi connectivity index (χ0n) is 19.5. The lowest BCUT2D eigenvalue weighted by Crippen LogP contribution is -2.37. The van der Waals surface area contributed by atoms with E-state index in [1.807, 2.05) is 24.3 Å². The number of anilines is 2. The Morgan fingerprint density at radius 2 is 1.56 bits per heavy atom. The number of rotatable bonds is 10. The third-order valence-corrected chi connectivity index (χ3v) is 6.75. The lowest BCUT2D eigenvalue weighted by atomic mass is 10.0. The Balaban J connectivity index is 1.24. The highest BCUT2D eigenvalue weighted by molar-refractivity contribution is 5.62. The predicted molar refractivity (Wildman–Crippen MR) is 132 cm³/mol. The van der Waals surface area contributed by atoms with E-state index in [0.29, 0.717) is 12.1 Å². The van der Waals surface area contributed by atoms with E-state index < -0.39 is 0 Å². The lowest BCUT2D eigenvalue weighted by Gasteiger charge is -2.32. The quantitative estimate of drug-likeness (QED) is 0.507. The van der Waals surface area contributed by atoms with Gasteiger partial charge < -0.3 is 25.0 Å². The number of likely N-dealkylation sites (tertiary alicyclic amines) is 1. The predicted octanol–water partition coefficient (Wildman–Crippen LogP) is 5.59. The minimum Gasteiger partial charge on any atom is -0.493 e. The number of hydrogen-bond donors (Lipinski definition) is 2. The standard InChI is InChI=1S/C27H39N3O2/c1-30-17-5-3-11-25(30)15-19-32-27-13-7-10-24(21-27)29-23-9-6-12-26(20-23)31-18-14-22-8-2-4-16-28-22/h6-7,9-10,12-13,20-22,25,28-29H,2-5,8,11,14-19H2,1H3. The van der Waals surface area contributed by atoms with Crippen LogP contribution in [-0.2, 0) is 0 Å². The summed E-state index contributed by atoms with van der Waals surface area (Å²) in [7, 11) is 2.24. The van der Waals surface area contributed by atoms with Gasteiger partial charge in [-0.3, -0.25) is 0 Å². The van der Waals surface area contributed by atoms with E-state index in [0.717, 1.165) is 55.5 Å². The second kappa shape index (κ2) is 12.1. The first-order chi connectivity index (χ1) is 15.8. The van der Waals surface area contributed by atoms with E-state index in [1.54, 1.807) is 0 Å². The minimum atomic E-state index is 0.603. The average Bonchev–Trinajstić information content (AvgIpc) is 2.82. The highest BCUT2D eigenvalue weighted by Crippen LogP contribution is 2.25. The molecule has 0 aliphatic carbocycles. The number of nitrogens with zero attached hydrogens (tertiary/aromatic N) is 1. The van der Waals surface area contributed by atoms with Gasteiger partial charge in [0.15, 0.2) is 0 Å². The summed E-state index contributed by atoms with van der Waals surface area (Å²) in [4.78, 5) is 2.48. The van der Waals surface area contributed by atoms with Gasteiger partial charge in [0.2, 0.25) is 0 Å². The van der Waals surface area contributed by atoms with E-state index in [1.165, 1.54) is 45.1 Å². The third kappa shape index (κ3) is 7.14. The number of ether oxygens (including phenoxy) is 2. The van der Waals surface area contributed by atoms with Crippen LogP contribution >= 0.6 is 0 Å². The van der Waals surface area contributed by atoms with Crippen LogP contribution in [-0.4, -0.2) is 50.3 Å². The first kappa shape index (κ1) is 22.9. The van der Waals surface area contributed by atoms with Gasteiger partial charge in [-0.05, 0) is 82.9 Å². The van der Waals surface area contributed by atoms with Crippen LogP contribution in [0.25, 0.3) is 0 Å². The molecule has 2 aromatic carbocycles. The van der Waals surface area contributed by atoms with E-state index in [2.05, 4.69) is 46.8 Å². The van der Waals surface area contributed by atoms with Crippen molar-refractivity contribution in [1.82, 2.24) is 10.2 Å². The zero-order chi connectivity index (χ0) is 22.0. The van der Waals surface area contributed by atoms with Crippen LogP contribution in [0.3, 0.4) is 0 Å². The van der Waals surface area contributed by atoms with Crippen molar-refractivity contribution in [2.75, 3.05) is 38.7 Å². The van der Waals surface area contributed by atoms with Gasteiger partial charge in [-0.15, -0.1) is 0 Å². The largest absolute Gasteiger partial charge is 0.493 e. The minimum absolute atomic E-state index is 0.603. The normalized spacial score (nSPS) is 21.8. The van der Waals surface area contributed by atoms with E-state index in [9.17, 15) is 0 Å². The molecule has 0 radical (unpaired) electrons. The molecule has 0 amide bonds. The van der Waals surface area contributed by atoms with Crippen LogP contribution in [0.1, 0.15) is 51.4 Å². The van der Waals surface area contributed by atoms with Crippen molar-refractivity contribution < 1.29 is 9.47 Å². The van der Waals surface area contributed by atoms with E-state index >= 15 is 0 Å². The highest BCUT2D eigenvalue weighted by Gasteiger charge is 2.18. The molecule has 5 nitrogen and oxygen atoms in total. The molecule has 2 fully saturated rings. The molecule has 174 valence electrons.